The van der Waals surface area contributed by atoms with Crippen LogP contribution >= 0.6 is 0 Å². The van der Waals surface area contributed by atoms with Gasteiger partial charge in [-0.3, -0.25) is 9.59 Å². The first-order valence-corrected chi connectivity index (χ1v) is 6.56. The molecule has 18 heavy (non-hydrogen) atoms. The Kier molecular flexibility index (Phi) is 4.73. The van der Waals surface area contributed by atoms with Gasteiger partial charge in [0.25, 0.3) is 0 Å². The van der Waals surface area contributed by atoms with E-state index in [9.17, 15) is 14.7 Å². The summed E-state index contributed by atoms with van der Waals surface area (Å²) in [6.07, 6.45) is 4.21. The predicted molar refractivity (Wildman–Crippen MR) is 69.0 cm³/mol. The lowest BCUT2D eigenvalue weighted by atomic mass is 9.74. The molecule has 5 heteroatoms. The van der Waals surface area contributed by atoms with Crippen LogP contribution in [0.3, 0.4) is 0 Å². The van der Waals surface area contributed by atoms with Gasteiger partial charge in [-0.1, -0.05) is 19.3 Å². The molecule has 1 saturated carbocycles. The van der Waals surface area contributed by atoms with Crippen LogP contribution in [0.2, 0.25) is 0 Å². The first-order valence-electron chi connectivity index (χ1n) is 6.56. The second-order valence-electron chi connectivity index (χ2n) is 5.92. The Morgan fingerprint density at radius 3 is 2.28 bits per heavy atom. The highest BCUT2D eigenvalue weighted by Gasteiger charge is 2.40. The van der Waals surface area contributed by atoms with Gasteiger partial charge in [-0.25, -0.2) is 0 Å². The van der Waals surface area contributed by atoms with Crippen LogP contribution < -0.4 is 11.1 Å². The van der Waals surface area contributed by atoms with Crippen molar-refractivity contribution in [3.8, 4) is 0 Å². The molecule has 104 valence electrons. The van der Waals surface area contributed by atoms with E-state index >= 15 is 0 Å². The average molecular weight is 256 g/mol. The van der Waals surface area contributed by atoms with Crippen molar-refractivity contribution in [2.24, 2.45) is 16.6 Å². The van der Waals surface area contributed by atoms with Crippen molar-refractivity contribution >= 4 is 11.9 Å². The molecule has 0 aliphatic heterocycles. The Morgan fingerprint density at radius 1 is 1.28 bits per heavy atom. The summed E-state index contributed by atoms with van der Waals surface area (Å²) in [6, 6.07) is 0. The molecule has 0 aromatic carbocycles. The smallest absolute Gasteiger partial charge is 0.311 e. The molecule has 0 heterocycles. The number of carbonyl (C=O) groups excluding carboxylic acids is 1. The average Bonchev–Trinajstić information content (AvgIpc) is 2.36. The van der Waals surface area contributed by atoms with E-state index in [0.29, 0.717) is 12.8 Å². The minimum atomic E-state index is -0.798. The quantitative estimate of drug-likeness (QED) is 0.687. The van der Waals surface area contributed by atoms with Crippen molar-refractivity contribution in [3.63, 3.8) is 0 Å². The third-order valence-electron chi connectivity index (χ3n) is 3.98. The molecule has 1 amide bonds. The minimum Gasteiger partial charge on any atom is -0.481 e. The highest BCUT2D eigenvalue weighted by Crippen LogP contribution is 2.36. The minimum absolute atomic E-state index is 0.170. The van der Waals surface area contributed by atoms with Gasteiger partial charge in [0, 0.05) is 13.1 Å². The number of nitrogens with two attached hydrogens (primary N) is 1. The number of hydrogen-bond donors (Lipinski definition) is 3. The van der Waals surface area contributed by atoms with Crippen LogP contribution in [0.15, 0.2) is 0 Å². The van der Waals surface area contributed by atoms with Crippen LogP contribution in [0.1, 0.15) is 46.0 Å². The lowest BCUT2D eigenvalue weighted by molar-refractivity contribution is -0.151. The molecule has 0 radical (unpaired) electrons. The summed E-state index contributed by atoms with van der Waals surface area (Å²) in [7, 11) is 0. The molecule has 5 nitrogen and oxygen atoms in total. The molecule has 4 N–H and O–H groups in total. The van der Waals surface area contributed by atoms with Crippen LogP contribution in [-0.2, 0) is 9.59 Å². The van der Waals surface area contributed by atoms with Crippen molar-refractivity contribution in [2.75, 3.05) is 13.1 Å². The third kappa shape index (κ3) is 3.22. The number of carboxylic acid groups (broad SMARTS) is 1. The Morgan fingerprint density at radius 2 is 1.83 bits per heavy atom. The molecule has 1 fully saturated rings. The van der Waals surface area contributed by atoms with Crippen molar-refractivity contribution in [3.05, 3.63) is 0 Å². The van der Waals surface area contributed by atoms with Crippen LogP contribution in [0.4, 0.5) is 0 Å². The Balaban J connectivity index is 2.64. The molecule has 0 spiro atoms. The highest BCUT2D eigenvalue weighted by atomic mass is 16.4. The molecule has 0 unspecified atom stereocenters. The SMILES string of the molecule is CC(C)(CN)C(=O)NCC1(C(=O)O)CCCCC1. The van der Waals surface area contributed by atoms with E-state index in [0.717, 1.165) is 19.3 Å². The molecule has 1 aliphatic carbocycles. The van der Waals surface area contributed by atoms with Gasteiger partial charge in [-0.2, -0.15) is 0 Å². The van der Waals surface area contributed by atoms with Crippen molar-refractivity contribution < 1.29 is 14.7 Å². The topological polar surface area (TPSA) is 92.4 Å². The van der Waals surface area contributed by atoms with Crippen molar-refractivity contribution in [1.29, 1.82) is 0 Å². The van der Waals surface area contributed by atoms with Crippen LogP contribution in [0, 0.1) is 10.8 Å². The summed E-state index contributed by atoms with van der Waals surface area (Å²) in [5, 5.41) is 12.2. The maximum absolute atomic E-state index is 11.9. The molecular weight excluding hydrogens is 232 g/mol. The molecule has 0 aromatic heterocycles. The zero-order valence-electron chi connectivity index (χ0n) is 11.3. The van der Waals surface area contributed by atoms with Gasteiger partial charge in [0.1, 0.15) is 0 Å². The normalized spacial score (nSPS) is 19.3. The number of carbonyl (C=O) groups is 2. The fourth-order valence-electron chi connectivity index (χ4n) is 2.28. The Bertz CT molecular complexity index is 320. The molecule has 0 bridgehead atoms. The van der Waals surface area contributed by atoms with Crippen LogP contribution in [0.25, 0.3) is 0 Å². The van der Waals surface area contributed by atoms with Gasteiger partial charge in [0.05, 0.1) is 10.8 Å². The third-order valence-corrected chi connectivity index (χ3v) is 3.98. The number of amides is 1. The number of hydrogen-bond acceptors (Lipinski definition) is 3. The van der Waals surface area contributed by atoms with E-state index < -0.39 is 16.8 Å². The maximum Gasteiger partial charge on any atom is 0.311 e. The van der Waals surface area contributed by atoms with Crippen molar-refractivity contribution in [1.82, 2.24) is 5.32 Å². The number of aliphatic carboxylic acids is 1. The number of carboxylic acids is 1. The summed E-state index contributed by atoms with van der Waals surface area (Å²) >= 11 is 0. The van der Waals surface area contributed by atoms with Gasteiger partial charge < -0.3 is 16.2 Å². The molecular formula is C13H24N2O3. The zero-order chi connectivity index (χ0) is 13.8. The predicted octanol–water partition coefficient (Wildman–Crippen LogP) is 1.12. The molecule has 0 atom stereocenters. The molecule has 0 aromatic rings. The van der Waals surface area contributed by atoms with Crippen LogP contribution in [-0.4, -0.2) is 30.1 Å². The maximum atomic E-state index is 11.9. The molecule has 1 rings (SSSR count). The Labute approximate surface area is 108 Å². The van der Waals surface area contributed by atoms with E-state index in [1.165, 1.54) is 0 Å². The van der Waals surface area contributed by atoms with Crippen LogP contribution in [0.5, 0.6) is 0 Å². The lowest BCUT2D eigenvalue weighted by Crippen LogP contribution is -2.49. The van der Waals surface area contributed by atoms with E-state index in [-0.39, 0.29) is 19.0 Å². The van der Waals surface area contributed by atoms with Gasteiger partial charge >= 0.3 is 5.97 Å². The fourth-order valence-corrected chi connectivity index (χ4v) is 2.28. The van der Waals surface area contributed by atoms with Gasteiger partial charge in [0.2, 0.25) is 5.91 Å². The highest BCUT2D eigenvalue weighted by molar-refractivity contribution is 5.83. The number of nitrogens with one attached hydrogen (secondary N) is 1. The second kappa shape index (κ2) is 5.69. The Hall–Kier alpha value is -1.10. The fraction of sp³-hybridized carbons (Fsp3) is 0.846. The monoisotopic (exact) mass is 256 g/mol. The second-order valence-corrected chi connectivity index (χ2v) is 5.92. The van der Waals surface area contributed by atoms with E-state index in [4.69, 9.17) is 5.73 Å². The van der Waals surface area contributed by atoms with Crippen molar-refractivity contribution in [2.45, 2.75) is 46.0 Å². The van der Waals surface area contributed by atoms with E-state index in [2.05, 4.69) is 5.32 Å². The summed E-state index contributed by atoms with van der Waals surface area (Å²) < 4.78 is 0. The summed E-state index contributed by atoms with van der Waals surface area (Å²) in [6.45, 7) is 3.98. The first-order chi connectivity index (χ1) is 8.34. The standard InChI is InChI=1S/C13H24N2O3/c1-12(2,8-14)10(16)15-9-13(11(17)18)6-4-3-5-7-13/h3-9,14H2,1-2H3,(H,15,16)(H,17,18). The van der Waals surface area contributed by atoms with E-state index in [1.807, 2.05) is 0 Å². The zero-order valence-corrected chi connectivity index (χ0v) is 11.3. The first kappa shape index (κ1) is 15.0. The number of rotatable bonds is 5. The summed E-state index contributed by atoms with van der Waals surface area (Å²) in [5.41, 5.74) is 4.11. The molecule has 0 saturated heterocycles. The lowest BCUT2D eigenvalue weighted by Gasteiger charge is -2.34. The van der Waals surface area contributed by atoms with Gasteiger partial charge in [0.15, 0.2) is 0 Å². The molecule has 1 aliphatic rings. The summed E-state index contributed by atoms with van der Waals surface area (Å²) in [5.74, 6) is -0.968. The summed E-state index contributed by atoms with van der Waals surface area (Å²) in [4.78, 5) is 23.4. The van der Waals surface area contributed by atoms with E-state index in [1.54, 1.807) is 13.8 Å². The largest absolute Gasteiger partial charge is 0.481 e. The van der Waals surface area contributed by atoms with Gasteiger partial charge in [-0.15, -0.1) is 0 Å². The van der Waals surface area contributed by atoms with Gasteiger partial charge in [-0.05, 0) is 26.7 Å².